The van der Waals surface area contributed by atoms with Gasteiger partial charge in [0.15, 0.2) is 0 Å². The molecule has 1 heterocycles. The van der Waals surface area contributed by atoms with Crippen LogP contribution < -0.4 is 18.9 Å². The summed E-state index contributed by atoms with van der Waals surface area (Å²) in [5.74, 6) is -0.720. The minimum atomic E-state index is -0.917. The molecule has 1 aliphatic rings. The molecule has 8 heteroatoms. The van der Waals surface area contributed by atoms with Crippen LogP contribution in [0.25, 0.3) is 0 Å². The topological polar surface area (TPSA) is 122 Å². The van der Waals surface area contributed by atoms with E-state index in [1.807, 2.05) is 17.9 Å². The number of carbonyl (C=O) groups is 2. The summed E-state index contributed by atoms with van der Waals surface area (Å²) in [6, 6.07) is 5.12. The summed E-state index contributed by atoms with van der Waals surface area (Å²) in [5, 5.41) is 9.03. The van der Waals surface area contributed by atoms with Crippen molar-refractivity contribution in [2.24, 2.45) is 5.41 Å². The Morgan fingerprint density at radius 2 is 1.69 bits per heavy atom. The molecule has 0 spiro atoms. The van der Waals surface area contributed by atoms with Gasteiger partial charge in [-0.2, -0.15) is 0 Å². The number of rotatable bonds is 6. The van der Waals surface area contributed by atoms with E-state index in [-0.39, 0.29) is 35.7 Å². The Hall–Kier alpha value is -1.36. The van der Waals surface area contributed by atoms with Crippen LogP contribution in [0.15, 0.2) is 18.2 Å². The van der Waals surface area contributed by atoms with E-state index in [9.17, 15) is 9.59 Å². The molecule has 1 aliphatic heterocycles. The molecule has 2 rings (SSSR count). The Morgan fingerprint density at radius 3 is 2.17 bits per heavy atom. The van der Waals surface area contributed by atoms with Gasteiger partial charge in [0.25, 0.3) is 0 Å². The average Bonchev–Trinajstić information content (AvgIpc) is 2.58. The van der Waals surface area contributed by atoms with Gasteiger partial charge in [0.05, 0.1) is 5.56 Å². The summed E-state index contributed by atoms with van der Waals surface area (Å²) >= 11 is 0. The monoisotopic (exact) mass is 402 g/mol. The van der Waals surface area contributed by atoms with Crippen LogP contribution >= 0.6 is 0 Å². The second-order valence-electron chi connectivity index (χ2n) is 8.48. The maximum Gasteiger partial charge on any atom is 1.00 e. The maximum atomic E-state index is 12.5. The molecule has 0 saturated carbocycles. The third-order valence-electron chi connectivity index (χ3n) is 5.10. The molecule has 1 fully saturated rings. The number of piperazine rings is 1. The Balaban J connectivity index is 0. The third kappa shape index (κ3) is 9.79. The quantitative estimate of drug-likeness (QED) is 0.625. The van der Waals surface area contributed by atoms with Crippen LogP contribution in [0.5, 0.6) is 0 Å². The SMILES string of the molecule is Cc1cc(C(=O)O)ccc1CCC(=O)N1CCN(CCC(C)(C)C)CC1.O.[Li+].[OH-]. The molecule has 0 atom stereocenters. The zero-order chi connectivity index (χ0) is 19.3. The average molecular weight is 402 g/mol. The summed E-state index contributed by atoms with van der Waals surface area (Å²) in [7, 11) is 0. The van der Waals surface area contributed by atoms with Crippen LogP contribution in [0.2, 0.25) is 0 Å². The molecule has 4 N–H and O–H groups in total. The minimum absolute atomic E-state index is 0. The van der Waals surface area contributed by atoms with Gasteiger partial charge in [0, 0.05) is 32.6 Å². The second-order valence-corrected chi connectivity index (χ2v) is 8.48. The van der Waals surface area contributed by atoms with E-state index >= 15 is 0 Å². The van der Waals surface area contributed by atoms with Crippen molar-refractivity contribution in [2.75, 3.05) is 32.7 Å². The van der Waals surface area contributed by atoms with E-state index in [2.05, 4.69) is 25.7 Å². The van der Waals surface area contributed by atoms with Crippen molar-refractivity contribution in [3.63, 3.8) is 0 Å². The fourth-order valence-corrected chi connectivity index (χ4v) is 3.22. The van der Waals surface area contributed by atoms with Gasteiger partial charge >= 0.3 is 24.8 Å². The van der Waals surface area contributed by atoms with E-state index in [1.54, 1.807) is 12.1 Å². The third-order valence-corrected chi connectivity index (χ3v) is 5.10. The Bertz CT molecular complexity index is 653. The first-order chi connectivity index (χ1) is 12.2. The van der Waals surface area contributed by atoms with Gasteiger partial charge in [-0.05, 0) is 55.0 Å². The molecule has 1 aromatic carbocycles. The summed E-state index contributed by atoms with van der Waals surface area (Å²) < 4.78 is 0. The van der Waals surface area contributed by atoms with Gasteiger partial charge in [-0.25, -0.2) is 4.79 Å². The molecule has 7 nitrogen and oxygen atoms in total. The smallest absolute Gasteiger partial charge is 0.870 e. The molecule has 0 aliphatic carbocycles. The Morgan fingerprint density at radius 1 is 1.10 bits per heavy atom. The first-order valence-corrected chi connectivity index (χ1v) is 9.49. The largest absolute Gasteiger partial charge is 1.00 e. The van der Waals surface area contributed by atoms with Gasteiger partial charge in [-0.15, -0.1) is 0 Å². The van der Waals surface area contributed by atoms with Gasteiger partial charge in [0.1, 0.15) is 0 Å². The normalized spacial score (nSPS) is 14.3. The van der Waals surface area contributed by atoms with Crippen LogP contribution in [-0.2, 0) is 11.2 Å². The van der Waals surface area contributed by atoms with Gasteiger partial charge in [-0.3, -0.25) is 9.69 Å². The van der Waals surface area contributed by atoms with Crippen LogP contribution in [0.4, 0.5) is 0 Å². The molecular formula is C21H35LiN2O5. The predicted octanol–water partition coefficient (Wildman–Crippen LogP) is -0.791. The minimum Gasteiger partial charge on any atom is -0.870 e. The van der Waals surface area contributed by atoms with E-state index in [1.165, 1.54) is 6.42 Å². The Kier molecular flexibility index (Phi) is 13.4. The van der Waals surface area contributed by atoms with E-state index in [4.69, 9.17) is 5.11 Å². The van der Waals surface area contributed by atoms with Crippen LogP contribution in [0.1, 0.15) is 55.1 Å². The van der Waals surface area contributed by atoms with Crippen LogP contribution in [0, 0.1) is 12.3 Å². The summed E-state index contributed by atoms with van der Waals surface area (Å²) in [4.78, 5) is 27.9. The number of nitrogens with zero attached hydrogens (tertiary/aromatic N) is 2. The number of carbonyl (C=O) groups excluding carboxylic acids is 1. The Labute approximate surface area is 186 Å². The first-order valence-electron chi connectivity index (χ1n) is 9.49. The van der Waals surface area contributed by atoms with E-state index < -0.39 is 5.97 Å². The predicted molar refractivity (Wildman–Crippen MR) is 109 cm³/mol. The van der Waals surface area contributed by atoms with Crippen molar-refractivity contribution in [3.8, 4) is 0 Å². The van der Waals surface area contributed by atoms with Crippen LogP contribution in [0.3, 0.4) is 0 Å². The standard InChI is InChI=1S/C21H32N2O3.Li.2H2O/c1-16-15-18(20(25)26)6-5-17(16)7-8-19(24)23-13-11-22(12-14-23)10-9-21(2,3)4;;;/h5-6,15H,7-14H2,1-4H3,(H,25,26);;2*1H2/q;+1;;/p-1. The molecule has 160 valence electrons. The summed E-state index contributed by atoms with van der Waals surface area (Å²) in [6.07, 6.45) is 2.32. The van der Waals surface area contributed by atoms with E-state index in [0.29, 0.717) is 23.8 Å². The van der Waals surface area contributed by atoms with Crippen molar-refractivity contribution >= 4 is 11.9 Å². The van der Waals surface area contributed by atoms with Crippen molar-refractivity contribution in [2.45, 2.75) is 47.0 Å². The summed E-state index contributed by atoms with van der Waals surface area (Å²) in [6.45, 7) is 13.3. The molecule has 1 amide bonds. The number of aryl methyl sites for hydroxylation is 2. The molecule has 0 radical (unpaired) electrons. The maximum absolute atomic E-state index is 12.5. The first kappa shape index (κ1) is 29.8. The number of benzene rings is 1. The van der Waals surface area contributed by atoms with Crippen molar-refractivity contribution in [1.82, 2.24) is 9.80 Å². The summed E-state index contributed by atoms with van der Waals surface area (Å²) in [5.41, 5.74) is 2.63. The fourth-order valence-electron chi connectivity index (χ4n) is 3.22. The van der Waals surface area contributed by atoms with E-state index in [0.717, 1.165) is 43.9 Å². The van der Waals surface area contributed by atoms with Crippen molar-refractivity contribution < 1.29 is 44.5 Å². The van der Waals surface area contributed by atoms with Gasteiger partial charge in [0.2, 0.25) is 5.91 Å². The zero-order valence-electron chi connectivity index (χ0n) is 18.5. The number of aromatic carboxylic acids is 1. The van der Waals surface area contributed by atoms with Gasteiger partial charge < -0.3 is 21.0 Å². The molecular weight excluding hydrogens is 367 g/mol. The fraction of sp³-hybridized carbons (Fsp3) is 0.619. The van der Waals surface area contributed by atoms with Gasteiger partial charge in [-0.1, -0.05) is 26.8 Å². The molecule has 0 unspecified atom stereocenters. The number of carboxylic acid groups (broad SMARTS) is 1. The zero-order valence-corrected chi connectivity index (χ0v) is 18.5. The molecule has 29 heavy (non-hydrogen) atoms. The second kappa shape index (κ2) is 13.0. The number of carboxylic acids is 1. The number of hydrogen-bond donors (Lipinski definition) is 1. The molecule has 0 aromatic heterocycles. The number of hydrogen-bond acceptors (Lipinski definition) is 4. The number of amides is 1. The molecule has 1 saturated heterocycles. The van der Waals surface area contributed by atoms with Crippen molar-refractivity contribution in [1.29, 1.82) is 0 Å². The van der Waals surface area contributed by atoms with Crippen LogP contribution in [-0.4, -0.2) is 70.5 Å². The molecule has 0 bridgehead atoms. The van der Waals surface area contributed by atoms with Crippen molar-refractivity contribution in [3.05, 3.63) is 34.9 Å². The molecule has 1 aromatic rings.